The molecule has 3 atom stereocenters. The summed E-state index contributed by atoms with van der Waals surface area (Å²) in [4.78, 5) is 13.9. The van der Waals surface area contributed by atoms with Crippen LogP contribution in [-0.4, -0.2) is 5.97 Å². The van der Waals surface area contributed by atoms with Crippen LogP contribution in [0.5, 0.6) is 5.75 Å². The zero-order valence-electron chi connectivity index (χ0n) is 19.6. The van der Waals surface area contributed by atoms with E-state index in [1.807, 2.05) is 67.6 Å². The van der Waals surface area contributed by atoms with Crippen molar-refractivity contribution in [2.45, 2.75) is 51.2 Å². The molecule has 0 bridgehead atoms. The molecule has 0 fully saturated rings. The van der Waals surface area contributed by atoms with Crippen molar-refractivity contribution in [1.29, 1.82) is 5.26 Å². The van der Waals surface area contributed by atoms with Crippen molar-refractivity contribution >= 4 is 17.6 Å². The third-order valence-electron chi connectivity index (χ3n) is 6.12. The van der Waals surface area contributed by atoms with Crippen LogP contribution in [0, 0.1) is 16.7 Å². The highest BCUT2D eigenvalue weighted by atomic mass is 35.5. The molecule has 3 rings (SSSR count). The molecule has 0 aliphatic carbocycles. The number of para-hydroxylation sites is 1. The van der Waals surface area contributed by atoms with Crippen LogP contribution in [0.2, 0.25) is 0 Å². The Morgan fingerprint density at radius 1 is 0.941 bits per heavy atom. The molecule has 0 saturated heterocycles. The minimum absolute atomic E-state index is 0.354. The number of hydrogen-bond acceptors (Lipinski definition) is 4. The van der Waals surface area contributed by atoms with Gasteiger partial charge in [-0.15, -0.1) is 11.6 Å². The van der Waals surface area contributed by atoms with Crippen molar-refractivity contribution in [3.05, 3.63) is 102 Å². The molecule has 34 heavy (non-hydrogen) atoms. The maximum Gasteiger partial charge on any atom is 0.317 e. The van der Waals surface area contributed by atoms with E-state index >= 15 is 0 Å². The van der Waals surface area contributed by atoms with Gasteiger partial charge >= 0.3 is 5.97 Å². The SMILES string of the molecule is CCCCC(CC)(C(=O)OC(Oc1ccccc1C#N)c1ccccc1)C(Cl)c1ccccc1. The largest absolute Gasteiger partial charge is 0.449 e. The van der Waals surface area contributed by atoms with E-state index in [0.717, 1.165) is 18.4 Å². The molecule has 0 aromatic heterocycles. The lowest BCUT2D eigenvalue weighted by Crippen LogP contribution is -2.38. The number of carbonyl (C=O) groups excluding carboxylic acids is 1. The smallest absolute Gasteiger partial charge is 0.317 e. The molecule has 3 aromatic carbocycles. The molecule has 0 saturated carbocycles. The highest BCUT2D eigenvalue weighted by Gasteiger charge is 2.46. The summed E-state index contributed by atoms with van der Waals surface area (Å²) in [5.74, 6) is -0.0524. The quantitative estimate of drug-likeness (QED) is 0.161. The number of benzene rings is 3. The molecule has 0 spiro atoms. The number of halogens is 1. The average Bonchev–Trinajstić information content (AvgIpc) is 2.90. The minimum Gasteiger partial charge on any atom is -0.449 e. The summed E-state index contributed by atoms with van der Waals surface area (Å²) in [5, 5.41) is 8.94. The Bertz CT molecular complexity index is 1100. The first-order valence-corrected chi connectivity index (χ1v) is 12.1. The summed E-state index contributed by atoms with van der Waals surface area (Å²) in [5.41, 5.74) is 0.997. The van der Waals surface area contributed by atoms with Crippen LogP contribution in [0.15, 0.2) is 84.9 Å². The van der Waals surface area contributed by atoms with E-state index < -0.39 is 23.1 Å². The van der Waals surface area contributed by atoms with Crippen molar-refractivity contribution in [2.75, 3.05) is 0 Å². The van der Waals surface area contributed by atoms with E-state index in [9.17, 15) is 10.1 Å². The molecule has 176 valence electrons. The number of esters is 1. The molecule has 0 aliphatic heterocycles. The fourth-order valence-electron chi connectivity index (χ4n) is 4.03. The van der Waals surface area contributed by atoms with E-state index in [4.69, 9.17) is 21.1 Å². The van der Waals surface area contributed by atoms with Crippen LogP contribution in [0.4, 0.5) is 0 Å². The first kappa shape index (κ1) is 25.3. The molecule has 0 heterocycles. The van der Waals surface area contributed by atoms with Gasteiger partial charge in [0, 0.05) is 5.56 Å². The number of nitrogens with zero attached hydrogens (tertiary/aromatic N) is 1. The van der Waals surface area contributed by atoms with Crippen LogP contribution in [-0.2, 0) is 9.53 Å². The Hall–Kier alpha value is -3.29. The molecular weight excluding hydrogens is 446 g/mol. The summed E-state index contributed by atoms with van der Waals surface area (Å²) in [7, 11) is 0. The predicted octanol–water partition coefficient (Wildman–Crippen LogP) is 7.75. The summed E-state index contributed by atoms with van der Waals surface area (Å²) in [6.07, 6.45) is 1.87. The molecule has 3 aromatic rings. The van der Waals surface area contributed by atoms with Crippen molar-refractivity contribution in [3.8, 4) is 11.8 Å². The lowest BCUT2D eigenvalue weighted by molar-refractivity contribution is -0.179. The maximum absolute atomic E-state index is 13.9. The van der Waals surface area contributed by atoms with Crippen LogP contribution < -0.4 is 4.74 Å². The number of hydrogen-bond donors (Lipinski definition) is 0. The third kappa shape index (κ3) is 5.79. The Morgan fingerprint density at radius 2 is 1.53 bits per heavy atom. The number of nitriles is 1. The average molecular weight is 476 g/mol. The van der Waals surface area contributed by atoms with E-state index in [1.54, 1.807) is 24.3 Å². The summed E-state index contributed by atoms with van der Waals surface area (Å²) in [6, 6.07) is 27.9. The van der Waals surface area contributed by atoms with Gasteiger partial charge in [0.1, 0.15) is 11.8 Å². The van der Waals surface area contributed by atoms with Gasteiger partial charge in [0.05, 0.1) is 16.4 Å². The second-order valence-corrected chi connectivity index (χ2v) is 8.70. The maximum atomic E-state index is 13.9. The Kier molecular flexibility index (Phi) is 9.13. The van der Waals surface area contributed by atoms with E-state index in [0.29, 0.717) is 29.7 Å². The van der Waals surface area contributed by atoms with Gasteiger partial charge in [-0.3, -0.25) is 4.79 Å². The predicted molar refractivity (Wildman–Crippen MR) is 134 cm³/mol. The van der Waals surface area contributed by atoms with E-state index in [2.05, 4.69) is 13.0 Å². The van der Waals surface area contributed by atoms with Gasteiger partial charge in [-0.25, -0.2) is 0 Å². The van der Waals surface area contributed by atoms with Crippen LogP contribution >= 0.6 is 11.6 Å². The Labute approximate surface area is 207 Å². The van der Waals surface area contributed by atoms with Gasteiger partial charge in [0.2, 0.25) is 0 Å². The van der Waals surface area contributed by atoms with Gasteiger partial charge in [-0.05, 0) is 30.5 Å². The van der Waals surface area contributed by atoms with Gasteiger partial charge in [-0.1, -0.05) is 99.5 Å². The first-order chi connectivity index (χ1) is 16.6. The highest BCUT2D eigenvalue weighted by molar-refractivity contribution is 6.22. The zero-order chi connectivity index (χ0) is 24.4. The van der Waals surface area contributed by atoms with Crippen molar-refractivity contribution in [2.24, 2.45) is 5.41 Å². The minimum atomic E-state index is -1.02. The van der Waals surface area contributed by atoms with Crippen LogP contribution in [0.25, 0.3) is 0 Å². The van der Waals surface area contributed by atoms with Crippen LogP contribution in [0.3, 0.4) is 0 Å². The van der Waals surface area contributed by atoms with Gasteiger partial charge in [0.15, 0.2) is 0 Å². The summed E-state index contributed by atoms with van der Waals surface area (Å²) < 4.78 is 12.2. The number of ether oxygens (including phenoxy) is 2. The number of carbonyl (C=O) groups is 1. The molecule has 0 radical (unpaired) electrons. The first-order valence-electron chi connectivity index (χ1n) is 11.7. The molecule has 4 nitrogen and oxygen atoms in total. The standard InChI is InChI=1S/C29H30ClNO3/c1-3-5-20-29(4-2,26(30)22-14-8-6-9-15-22)28(32)34-27(23-16-10-7-11-17-23)33-25-19-13-12-18-24(25)21-31/h6-19,26-27H,3-5,20H2,1-2H3. The molecular formula is C29H30ClNO3. The van der Waals surface area contributed by atoms with Crippen molar-refractivity contribution in [1.82, 2.24) is 0 Å². The molecule has 0 N–H and O–H groups in total. The summed E-state index contributed by atoms with van der Waals surface area (Å²) >= 11 is 7.01. The Morgan fingerprint density at radius 3 is 2.12 bits per heavy atom. The zero-order valence-corrected chi connectivity index (χ0v) is 20.4. The van der Waals surface area contributed by atoms with Gasteiger partial charge in [0.25, 0.3) is 6.29 Å². The van der Waals surface area contributed by atoms with E-state index in [-0.39, 0.29) is 0 Å². The van der Waals surface area contributed by atoms with Gasteiger partial charge in [-0.2, -0.15) is 5.26 Å². The monoisotopic (exact) mass is 475 g/mol. The molecule has 3 unspecified atom stereocenters. The topological polar surface area (TPSA) is 59.3 Å². The number of rotatable bonds is 11. The third-order valence-corrected chi connectivity index (χ3v) is 6.79. The fourth-order valence-corrected chi connectivity index (χ4v) is 4.53. The van der Waals surface area contributed by atoms with Crippen molar-refractivity contribution < 1.29 is 14.3 Å². The normalized spacial score (nSPS) is 14.3. The molecule has 0 amide bonds. The molecule has 5 heteroatoms. The van der Waals surface area contributed by atoms with Crippen LogP contribution in [0.1, 0.15) is 67.9 Å². The number of alkyl halides is 1. The second-order valence-electron chi connectivity index (χ2n) is 8.26. The lowest BCUT2D eigenvalue weighted by Gasteiger charge is -2.36. The Balaban J connectivity index is 1.98. The van der Waals surface area contributed by atoms with E-state index in [1.165, 1.54) is 0 Å². The molecule has 0 aliphatic rings. The number of unbranched alkanes of at least 4 members (excludes halogenated alkanes) is 1. The highest BCUT2D eigenvalue weighted by Crippen LogP contribution is 2.48. The lowest BCUT2D eigenvalue weighted by atomic mass is 9.74. The van der Waals surface area contributed by atoms with Gasteiger partial charge < -0.3 is 9.47 Å². The van der Waals surface area contributed by atoms with Crippen molar-refractivity contribution in [3.63, 3.8) is 0 Å². The fraction of sp³-hybridized carbons (Fsp3) is 0.310. The summed E-state index contributed by atoms with van der Waals surface area (Å²) in [6.45, 7) is 4.06. The second kappa shape index (κ2) is 12.3.